The number of aromatic nitrogens is 4. The van der Waals surface area contributed by atoms with Gasteiger partial charge in [-0.2, -0.15) is 0 Å². The first-order chi connectivity index (χ1) is 24.8. The normalized spacial score (nSPS) is 19.1. The maximum absolute atomic E-state index is 15.7. The Hall–Kier alpha value is -4.62. The Bertz CT molecular complexity index is 2120. The van der Waals surface area contributed by atoms with Crippen LogP contribution in [0, 0.1) is 11.6 Å². The molecule has 0 spiro atoms. The number of fused-ring (bicyclic) bond motifs is 2. The van der Waals surface area contributed by atoms with Gasteiger partial charge in [-0.05, 0) is 63.0 Å². The zero-order valence-corrected chi connectivity index (χ0v) is 29.1. The van der Waals surface area contributed by atoms with Crippen molar-refractivity contribution < 1.29 is 13.2 Å². The molecule has 9 rings (SSSR count). The van der Waals surface area contributed by atoms with Gasteiger partial charge in [-0.15, -0.1) is 10.2 Å². The molecule has 2 saturated carbocycles. The Morgan fingerprint density at radius 3 is 1.37 bits per heavy atom. The van der Waals surface area contributed by atoms with Gasteiger partial charge in [-0.3, -0.25) is 9.59 Å². The second-order valence-electron chi connectivity index (χ2n) is 14.4. The van der Waals surface area contributed by atoms with Crippen molar-refractivity contribution >= 4 is 33.2 Å². The third-order valence-corrected chi connectivity index (χ3v) is 11.3. The minimum absolute atomic E-state index is 0.0447. The van der Waals surface area contributed by atoms with Crippen LogP contribution in [0.1, 0.15) is 51.6 Å². The quantitative estimate of drug-likeness (QED) is 0.215. The van der Waals surface area contributed by atoms with E-state index in [0.29, 0.717) is 48.6 Å². The summed E-state index contributed by atoms with van der Waals surface area (Å²) in [7, 11) is 0. The summed E-state index contributed by atoms with van der Waals surface area (Å²) in [6.07, 6.45) is 7.24. The first-order valence-corrected chi connectivity index (χ1v) is 18.4. The molecule has 51 heavy (non-hydrogen) atoms. The van der Waals surface area contributed by atoms with Gasteiger partial charge in [0, 0.05) is 87.6 Å². The summed E-state index contributed by atoms with van der Waals surface area (Å²) in [5.74, 6) is -0.968. The van der Waals surface area contributed by atoms with Gasteiger partial charge in [0.1, 0.15) is 22.8 Å². The number of likely N-dealkylation sites (N-methyl/N-ethyl adjacent to an activating group) is 2. The molecule has 5 aromatic rings. The number of pyridine rings is 2. The average Bonchev–Trinajstić information content (AvgIpc) is 4.10. The van der Waals surface area contributed by atoms with Gasteiger partial charge < -0.3 is 33.2 Å². The standard InChI is InChI=1S/C38H42F2N8O3/c1-3-43-9-13-45(14-10-43)33-19-31-25(17-29(33)39)35(49)27(21-47(31)23-5-6-23)37-41-42-38(51-37)28-22-48(24-7-8-24)32-20-34(30(40)18-26(32)36(28)50)46-15-11-44(4-2)12-16-46/h17-24H,3-16H2,1-2H3. The molecule has 0 amide bonds. The lowest BCUT2D eigenvalue weighted by molar-refractivity contribution is 0.270. The topological polar surface area (TPSA) is 95.9 Å². The van der Waals surface area contributed by atoms with E-state index in [1.165, 1.54) is 12.1 Å². The molecular formula is C38H42F2N8O3. The van der Waals surface area contributed by atoms with Crippen molar-refractivity contribution in [3.8, 4) is 22.9 Å². The molecule has 0 N–H and O–H groups in total. The summed E-state index contributed by atoms with van der Waals surface area (Å²) >= 11 is 0. The maximum Gasteiger partial charge on any atom is 0.253 e. The predicted octanol–water partition coefficient (Wildman–Crippen LogP) is 5.27. The molecule has 5 heterocycles. The first kappa shape index (κ1) is 32.3. The SMILES string of the molecule is CCN1CCN(c2cc3c(cc2F)c(=O)c(-c2nnc(-c4cn(C5CC5)c5cc(N6CCN(CC)CC6)c(F)cc5c4=O)o2)cn3C2CC2)CC1. The molecule has 2 aromatic carbocycles. The number of halogens is 2. The molecule has 2 aliphatic carbocycles. The number of nitrogens with zero attached hydrogens (tertiary/aromatic N) is 8. The Labute approximate surface area is 293 Å². The van der Waals surface area contributed by atoms with E-state index >= 15 is 8.78 Å². The summed E-state index contributed by atoms with van der Waals surface area (Å²) < 4.78 is 41.6. The van der Waals surface area contributed by atoms with Crippen molar-refractivity contribution in [1.82, 2.24) is 29.1 Å². The van der Waals surface area contributed by atoms with E-state index in [9.17, 15) is 9.59 Å². The van der Waals surface area contributed by atoms with E-state index in [1.807, 2.05) is 9.13 Å². The predicted molar refractivity (Wildman–Crippen MR) is 194 cm³/mol. The molecule has 2 saturated heterocycles. The Morgan fingerprint density at radius 2 is 1.02 bits per heavy atom. The molecule has 0 atom stereocenters. The Morgan fingerprint density at radius 1 is 0.627 bits per heavy atom. The molecule has 0 bridgehead atoms. The van der Waals surface area contributed by atoms with Crippen molar-refractivity contribution in [3.63, 3.8) is 0 Å². The van der Waals surface area contributed by atoms with Gasteiger partial charge in [0.15, 0.2) is 0 Å². The fourth-order valence-corrected chi connectivity index (χ4v) is 7.87. The van der Waals surface area contributed by atoms with Crippen LogP contribution < -0.4 is 20.7 Å². The summed E-state index contributed by atoms with van der Waals surface area (Å²) in [4.78, 5) is 36.7. The third kappa shape index (κ3) is 5.70. The lowest BCUT2D eigenvalue weighted by Crippen LogP contribution is -2.46. The fourth-order valence-electron chi connectivity index (χ4n) is 7.87. The van der Waals surface area contributed by atoms with Crippen LogP contribution >= 0.6 is 0 Å². The van der Waals surface area contributed by atoms with Crippen LogP contribution in [0.4, 0.5) is 20.2 Å². The van der Waals surface area contributed by atoms with E-state index < -0.39 is 22.5 Å². The molecule has 266 valence electrons. The van der Waals surface area contributed by atoms with Gasteiger partial charge >= 0.3 is 0 Å². The highest BCUT2D eigenvalue weighted by Crippen LogP contribution is 2.41. The van der Waals surface area contributed by atoms with Crippen molar-refractivity contribution in [1.29, 1.82) is 0 Å². The molecule has 3 aromatic heterocycles. The summed E-state index contributed by atoms with van der Waals surface area (Å²) in [6, 6.07) is 6.63. The molecule has 13 heteroatoms. The fraction of sp³-hybridized carbons (Fsp3) is 0.474. The van der Waals surface area contributed by atoms with Crippen LogP contribution in [0.3, 0.4) is 0 Å². The summed E-state index contributed by atoms with van der Waals surface area (Å²) in [5, 5.41) is 8.95. The monoisotopic (exact) mass is 696 g/mol. The smallest absolute Gasteiger partial charge is 0.253 e. The van der Waals surface area contributed by atoms with Crippen LogP contribution in [-0.4, -0.2) is 94.6 Å². The van der Waals surface area contributed by atoms with E-state index in [-0.39, 0.29) is 45.8 Å². The molecule has 0 unspecified atom stereocenters. The summed E-state index contributed by atoms with van der Waals surface area (Å²) in [6.45, 7) is 12.5. The van der Waals surface area contributed by atoms with Crippen LogP contribution in [0.5, 0.6) is 0 Å². The van der Waals surface area contributed by atoms with Crippen LogP contribution in [0.25, 0.3) is 44.7 Å². The highest BCUT2D eigenvalue weighted by molar-refractivity contribution is 5.88. The van der Waals surface area contributed by atoms with Gasteiger partial charge in [0.25, 0.3) is 11.8 Å². The van der Waals surface area contributed by atoms with Gasteiger partial charge in [0.2, 0.25) is 10.9 Å². The van der Waals surface area contributed by atoms with Crippen molar-refractivity contribution in [2.75, 3.05) is 75.2 Å². The Balaban J connectivity index is 1.10. The van der Waals surface area contributed by atoms with Crippen molar-refractivity contribution in [3.05, 3.63) is 68.7 Å². The number of anilines is 2. The third-order valence-electron chi connectivity index (χ3n) is 11.3. The van der Waals surface area contributed by atoms with E-state index in [1.54, 1.807) is 24.5 Å². The van der Waals surface area contributed by atoms with Gasteiger partial charge in [0.05, 0.1) is 22.4 Å². The van der Waals surface area contributed by atoms with E-state index in [2.05, 4.69) is 43.6 Å². The van der Waals surface area contributed by atoms with Gasteiger partial charge in [-0.25, -0.2) is 8.78 Å². The lowest BCUT2D eigenvalue weighted by Gasteiger charge is -2.35. The van der Waals surface area contributed by atoms with E-state index in [0.717, 1.165) is 65.0 Å². The zero-order chi connectivity index (χ0) is 35.0. The minimum Gasteiger partial charge on any atom is -0.416 e. The largest absolute Gasteiger partial charge is 0.416 e. The molecule has 4 aliphatic rings. The van der Waals surface area contributed by atoms with Crippen LogP contribution in [0.2, 0.25) is 0 Å². The molecule has 11 nitrogen and oxygen atoms in total. The Kier molecular flexibility index (Phi) is 7.95. The molecule has 0 radical (unpaired) electrons. The minimum atomic E-state index is -0.439. The number of rotatable bonds is 8. The van der Waals surface area contributed by atoms with Crippen LogP contribution in [-0.2, 0) is 0 Å². The zero-order valence-electron chi connectivity index (χ0n) is 29.1. The molecule has 4 fully saturated rings. The van der Waals surface area contributed by atoms with Gasteiger partial charge in [-0.1, -0.05) is 13.8 Å². The highest BCUT2D eigenvalue weighted by atomic mass is 19.1. The van der Waals surface area contributed by atoms with Crippen molar-refractivity contribution in [2.24, 2.45) is 0 Å². The van der Waals surface area contributed by atoms with Crippen LogP contribution in [0.15, 0.2) is 50.7 Å². The average molecular weight is 697 g/mol. The number of piperazine rings is 2. The van der Waals surface area contributed by atoms with E-state index in [4.69, 9.17) is 4.42 Å². The lowest BCUT2D eigenvalue weighted by atomic mass is 10.1. The maximum atomic E-state index is 15.7. The number of hydrogen-bond donors (Lipinski definition) is 0. The second-order valence-corrected chi connectivity index (χ2v) is 14.4. The molecule has 2 aliphatic heterocycles. The summed E-state index contributed by atoms with van der Waals surface area (Å²) in [5.41, 5.74) is 1.84. The number of hydrogen-bond acceptors (Lipinski definition) is 9. The van der Waals surface area contributed by atoms with Crippen molar-refractivity contribution in [2.45, 2.75) is 51.6 Å². The number of benzene rings is 2. The second kappa shape index (κ2) is 12.6. The molecular weight excluding hydrogens is 654 g/mol. The highest BCUT2D eigenvalue weighted by Gasteiger charge is 2.31. The first-order valence-electron chi connectivity index (χ1n) is 18.4.